The van der Waals surface area contributed by atoms with E-state index >= 15 is 0 Å². The van der Waals surface area contributed by atoms with Crippen molar-refractivity contribution < 1.29 is 5.11 Å². The lowest BCUT2D eigenvalue weighted by atomic mass is 10.1. The summed E-state index contributed by atoms with van der Waals surface area (Å²) in [6, 6.07) is 5.10. The lowest BCUT2D eigenvalue weighted by Gasteiger charge is -2.10. The fourth-order valence-corrected chi connectivity index (χ4v) is 2.04. The Bertz CT molecular complexity index is 461. The van der Waals surface area contributed by atoms with E-state index in [1.165, 1.54) is 6.20 Å². The average Bonchev–Trinajstić information content (AvgIpc) is 2.74. The molecular formula is C9H6Cl2N2OS. The van der Waals surface area contributed by atoms with E-state index in [1.54, 1.807) is 18.2 Å². The summed E-state index contributed by atoms with van der Waals surface area (Å²) < 4.78 is 7.76. The summed E-state index contributed by atoms with van der Waals surface area (Å²) in [5.41, 5.74) is 1.01. The summed E-state index contributed by atoms with van der Waals surface area (Å²) >= 11 is 12.8. The van der Waals surface area contributed by atoms with Crippen LogP contribution in [0, 0.1) is 0 Å². The minimum Gasteiger partial charge on any atom is -0.382 e. The lowest BCUT2D eigenvalue weighted by Crippen LogP contribution is -2.00. The van der Waals surface area contributed by atoms with Crippen molar-refractivity contribution in [3.05, 3.63) is 45.7 Å². The lowest BCUT2D eigenvalue weighted by molar-refractivity contribution is 0.216. The minimum atomic E-state index is -0.880. The standard InChI is InChI=1S/C9H6Cl2N2OS/c10-6-3-1-2-5(8(6)11)9(14)7-4-12-15-13-7/h1-4,9,14H. The van der Waals surface area contributed by atoms with Crippen molar-refractivity contribution >= 4 is 34.9 Å². The highest BCUT2D eigenvalue weighted by Crippen LogP contribution is 2.32. The summed E-state index contributed by atoms with van der Waals surface area (Å²) in [6.45, 7) is 0. The first kappa shape index (κ1) is 10.8. The van der Waals surface area contributed by atoms with Crippen molar-refractivity contribution in [2.45, 2.75) is 6.10 Å². The quantitative estimate of drug-likeness (QED) is 0.904. The van der Waals surface area contributed by atoms with Crippen molar-refractivity contribution in [1.82, 2.24) is 8.75 Å². The highest BCUT2D eigenvalue weighted by Gasteiger charge is 2.17. The summed E-state index contributed by atoms with van der Waals surface area (Å²) in [4.78, 5) is 0. The molecule has 1 aromatic heterocycles. The number of hydrogen-bond acceptors (Lipinski definition) is 4. The van der Waals surface area contributed by atoms with Gasteiger partial charge in [0.25, 0.3) is 0 Å². The van der Waals surface area contributed by atoms with Crippen LogP contribution in [0.15, 0.2) is 24.4 Å². The molecule has 0 fully saturated rings. The highest BCUT2D eigenvalue weighted by atomic mass is 35.5. The van der Waals surface area contributed by atoms with E-state index in [0.29, 0.717) is 21.3 Å². The number of rotatable bonds is 2. The van der Waals surface area contributed by atoms with Gasteiger partial charge in [-0.1, -0.05) is 35.3 Å². The maximum atomic E-state index is 9.95. The number of aliphatic hydroxyl groups is 1. The molecule has 1 unspecified atom stereocenters. The number of nitrogens with zero attached hydrogens (tertiary/aromatic N) is 2. The van der Waals surface area contributed by atoms with E-state index in [9.17, 15) is 5.11 Å². The molecule has 0 aliphatic heterocycles. The Morgan fingerprint density at radius 1 is 1.33 bits per heavy atom. The Labute approximate surface area is 101 Å². The minimum absolute atomic E-state index is 0.347. The molecule has 0 saturated heterocycles. The predicted molar refractivity (Wildman–Crippen MR) is 60.4 cm³/mol. The zero-order chi connectivity index (χ0) is 10.8. The largest absolute Gasteiger partial charge is 0.382 e. The molecule has 1 atom stereocenters. The van der Waals surface area contributed by atoms with E-state index in [2.05, 4.69) is 8.75 Å². The zero-order valence-electron chi connectivity index (χ0n) is 7.39. The number of aliphatic hydroxyl groups excluding tert-OH is 1. The molecule has 0 amide bonds. The van der Waals surface area contributed by atoms with E-state index in [4.69, 9.17) is 23.2 Å². The van der Waals surface area contributed by atoms with Crippen LogP contribution < -0.4 is 0 Å². The third kappa shape index (κ3) is 2.13. The number of benzene rings is 1. The topological polar surface area (TPSA) is 46.0 Å². The maximum Gasteiger partial charge on any atom is 0.125 e. The summed E-state index contributed by atoms with van der Waals surface area (Å²) in [5, 5.41) is 10.7. The van der Waals surface area contributed by atoms with Gasteiger partial charge in [-0.2, -0.15) is 8.75 Å². The number of halogens is 2. The molecular weight excluding hydrogens is 255 g/mol. The van der Waals surface area contributed by atoms with Gasteiger partial charge in [0.15, 0.2) is 0 Å². The Hall–Kier alpha value is -0.680. The number of hydrogen-bond donors (Lipinski definition) is 1. The SMILES string of the molecule is OC(c1cnsn1)c1cccc(Cl)c1Cl. The first-order valence-corrected chi connectivity index (χ1v) is 5.58. The van der Waals surface area contributed by atoms with Crippen LogP contribution in [0.2, 0.25) is 10.0 Å². The summed E-state index contributed by atoms with van der Waals surface area (Å²) in [6.07, 6.45) is 0.627. The van der Waals surface area contributed by atoms with Crippen LogP contribution in [0.3, 0.4) is 0 Å². The zero-order valence-corrected chi connectivity index (χ0v) is 9.72. The van der Waals surface area contributed by atoms with Crippen molar-refractivity contribution in [2.75, 3.05) is 0 Å². The monoisotopic (exact) mass is 260 g/mol. The molecule has 0 aliphatic carbocycles. The molecule has 0 aliphatic rings. The van der Waals surface area contributed by atoms with Gasteiger partial charge in [0, 0.05) is 5.56 Å². The normalized spacial score (nSPS) is 12.7. The van der Waals surface area contributed by atoms with Gasteiger partial charge in [-0.15, -0.1) is 0 Å². The molecule has 0 radical (unpaired) electrons. The van der Waals surface area contributed by atoms with Gasteiger partial charge >= 0.3 is 0 Å². The number of aromatic nitrogens is 2. The second-order valence-corrected chi connectivity index (χ2v) is 4.22. The first-order chi connectivity index (χ1) is 7.20. The van der Waals surface area contributed by atoms with Gasteiger partial charge in [0.05, 0.1) is 28.0 Å². The van der Waals surface area contributed by atoms with Gasteiger partial charge in [0.1, 0.15) is 11.8 Å². The van der Waals surface area contributed by atoms with Gasteiger partial charge in [0.2, 0.25) is 0 Å². The fraction of sp³-hybridized carbons (Fsp3) is 0.111. The Balaban J connectivity index is 2.42. The van der Waals surface area contributed by atoms with Crippen LogP contribution in [0.25, 0.3) is 0 Å². The van der Waals surface area contributed by atoms with Gasteiger partial charge in [-0.05, 0) is 6.07 Å². The third-order valence-corrected chi connectivity index (χ3v) is 3.26. The second-order valence-electron chi connectivity index (χ2n) is 2.88. The van der Waals surface area contributed by atoms with Crippen LogP contribution >= 0.6 is 34.9 Å². The van der Waals surface area contributed by atoms with Gasteiger partial charge in [-0.3, -0.25) is 0 Å². The average molecular weight is 261 g/mol. The third-order valence-electron chi connectivity index (χ3n) is 1.93. The van der Waals surface area contributed by atoms with Crippen LogP contribution in [0.1, 0.15) is 17.4 Å². The van der Waals surface area contributed by atoms with Crippen LogP contribution in [-0.4, -0.2) is 13.9 Å². The van der Waals surface area contributed by atoms with Crippen LogP contribution in [0.4, 0.5) is 0 Å². The van der Waals surface area contributed by atoms with Crippen molar-refractivity contribution in [3.8, 4) is 0 Å². The predicted octanol–water partition coefficient (Wildman–Crippen LogP) is 2.93. The molecule has 78 valence electrons. The van der Waals surface area contributed by atoms with E-state index in [1.807, 2.05) is 0 Å². The van der Waals surface area contributed by atoms with E-state index < -0.39 is 6.10 Å². The molecule has 1 heterocycles. The molecule has 1 N–H and O–H groups in total. The highest BCUT2D eigenvalue weighted by molar-refractivity contribution is 6.99. The van der Waals surface area contributed by atoms with Gasteiger partial charge < -0.3 is 5.11 Å². The van der Waals surface area contributed by atoms with Crippen molar-refractivity contribution in [3.63, 3.8) is 0 Å². The molecule has 6 heteroatoms. The van der Waals surface area contributed by atoms with Crippen molar-refractivity contribution in [1.29, 1.82) is 0 Å². The molecule has 15 heavy (non-hydrogen) atoms. The van der Waals surface area contributed by atoms with Crippen LogP contribution in [-0.2, 0) is 0 Å². The summed E-state index contributed by atoms with van der Waals surface area (Å²) in [7, 11) is 0. The maximum absolute atomic E-state index is 9.95. The molecule has 0 bridgehead atoms. The Morgan fingerprint density at radius 3 is 2.80 bits per heavy atom. The second kappa shape index (κ2) is 4.45. The molecule has 2 aromatic rings. The molecule has 0 saturated carbocycles. The molecule has 0 spiro atoms. The van der Waals surface area contributed by atoms with Gasteiger partial charge in [-0.25, -0.2) is 0 Å². The Kier molecular flexibility index (Phi) is 3.21. The van der Waals surface area contributed by atoms with Crippen LogP contribution in [0.5, 0.6) is 0 Å². The molecule has 3 nitrogen and oxygen atoms in total. The van der Waals surface area contributed by atoms with E-state index in [-0.39, 0.29) is 0 Å². The first-order valence-electron chi connectivity index (χ1n) is 4.09. The smallest absolute Gasteiger partial charge is 0.125 e. The Morgan fingerprint density at radius 2 is 2.13 bits per heavy atom. The molecule has 2 rings (SSSR count). The molecule has 1 aromatic carbocycles. The fourth-order valence-electron chi connectivity index (χ4n) is 1.18. The van der Waals surface area contributed by atoms with E-state index in [0.717, 1.165) is 11.7 Å². The summed E-state index contributed by atoms with van der Waals surface area (Å²) in [5.74, 6) is 0. The van der Waals surface area contributed by atoms with Crippen molar-refractivity contribution in [2.24, 2.45) is 0 Å².